The molecule has 104 valence electrons. The van der Waals surface area contributed by atoms with E-state index in [1.54, 1.807) is 24.3 Å². The molecule has 0 aliphatic heterocycles. The Kier molecular flexibility index (Phi) is 3.98. The fraction of sp³-hybridized carbons (Fsp3) is 0.133. The van der Waals surface area contributed by atoms with E-state index in [-0.39, 0.29) is 12.0 Å². The van der Waals surface area contributed by atoms with Crippen molar-refractivity contribution >= 4 is 17.3 Å². The molecule has 0 fully saturated rings. The van der Waals surface area contributed by atoms with Crippen molar-refractivity contribution in [2.75, 3.05) is 17.7 Å². The Morgan fingerprint density at radius 3 is 2.30 bits per heavy atom. The Morgan fingerprint density at radius 1 is 1.10 bits per heavy atom. The van der Waals surface area contributed by atoms with Crippen LogP contribution in [0.1, 0.15) is 5.56 Å². The highest BCUT2D eigenvalue weighted by atomic mass is 19.1. The molecule has 0 saturated heterocycles. The van der Waals surface area contributed by atoms with Gasteiger partial charge in [0.15, 0.2) is 0 Å². The Balaban J connectivity index is 2.23. The maximum atomic E-state index is 13.5. The van der Waals surface area contributed by atoms with Gasteiger partial charge < -0.3 is 10.6 Å². The number of rotatable bonds is 3. The Morgan fingerprint density at radius 2 is 1.70 bits per heavy atom. The molecule has 20 heavy (non-hydrogen) atoms. The first kappa shape index (κ1) is 14.0. The van der Waals surface area contributed by atoms with E-state index in [1.807, 2.05) is 0 Å². The zero-order valence-corrected chi connectivity index (χ0v) is 10.9. The van der Waals surface area contributed by atoms with E-state index >= 15 is 0 Å². The summed E-state index contributed by atoms with van der Waals surface area (Å²) in [5.74, 6) is -1.90. The standard InChI is InChI=1S/C15H14F2N2O/c1-19(14-8-3-2-7-13(14)18)15(20)9-10-11(16)5-4-6-12(10)17/h2-8H,9,18H2,1H3. The Bertz CT molecular complexity index is 623. The molecule has 0 spiro atoms. The summed E-state index contributed by atoms with van der Waals surface area (Å²) < 4.78 is 27.0. The fourth-order valence-corrected chi connectivity index (χ4v) is 1.90. The molecule has 0 aliphatic carbocycles. The summed E-state index contributed by atoms with van der Waals surface area (Å²) in [6, 6.07) is 10.3. The van der Waals surface area contributed by atoms with Crippen LogP contribution in [0.2, 0.25) is 0 Å². The lowest BCUT2D eigenvalue weighted by Crippen LogP contribution is -2.29. The van der Waals surface area contributed by atoms with Gasteiger partial charge in [-0.05, 0) is 24.3 Å². The van der Waals surface area contributed by atoms with Crippen molar-refractivity contribution < 1.29 is 13.6 Å². The van der Waals surface area contributed by atoms with Crippen LogP contribution in [0, 0.1) is 11.6 Å². The van der Waals surface area contributed by atoms with Gasteiger partial charge in [-0.2, -0.15) is 0 Å². The van der Waals surface area contributed by atoms with Gasteiger partial charge >= 0.3 is 0 Å². The first-order chi connectivity index (χ1) is 9.50. The summed E-state index contributed by atoms with van der Waals surface area (Å²) in [6.07, 6.45) is -0.358. The first-order valence-electron chi connectivity index (χ1n) is 6.04. The number of amides is 1. The molecule has 2 aromatic rings. The summed E-state index contributed by atoms with van der Waals surface area (Å²) in [5, 5.41) is 0. The third-order valence-corrected chi connectivity index (χ3v) is 3.06. The van der Waals surface area contributed by atoms with Crippen molar-refractivity contribution in [1.29, 1.82) is 0 Å². The van der Waals surface area contributed by atoms with Crippen molar-refractivity contribution in [3.05, 3.63) is 59.7 Å². The Labute approximate surface area is 115 Å². The molecule has 0 unspecified atom stereocenters. The Hall–Kier alpha value is -2.43. The molecule has 0 atom stereocenters. The minimum absolute atomic E-state index is 0.237. The smallest absolute Gasteiger partial charge is 0.231 e. The normalized spacial score (nSPS) is 10.3. The number of carbonyl (C=O) groups is 1. The van der Waals surface area contributed by atoms with Crippen LogP contribution in [0.15, 0.2) is 42.5 Å². The van der Waals surface area contributed by atoms with Crippen LogP contribution in [0.3, 0.4) is 0 Å². The second kappa shape index (κ2) is 5.69. The summed E-state index contributed by atoms with van der Waals surface area (Å²) >= 11 is 0. The van der Waals surface area contributed by atoms with Gasteiger partial charge in [0, 0.05) is 12.6 Å². The number of hydrogen-bond donors (Lipinski definition) is 1. The van der Waals surface area contributed by atoms with Crippen molar-refractivity contribution in [1.82, 2.24) is 0 Å². The van der Waals surface area contributed by atoms with Gasteiger partial charge in [0.05, 0.1) is 17.8 Å². The number of carbonyl (C=O) groups excluding carboxylic acids is 1. The van der Waals surface area contributed by atoms with Gasteiger partial charge in [0.25, 0.3) is 0 Å². The van der Waals surface area contributed by atoms with E-state index in [4.69, 9.17) is 5.73 Å². The third-order valence-electron chi connectivity index (χ3n) is 3.06. The highest BCUT2D eigenvalue weighted by Crippen LogP contribution is 2.22. The van der Waals surface area contributed by atoms with Crippen molar-refractivity contribution in [2.45, 2.75) is 6.42 Å². The quantitative estimate of drug-likeness (QED) is 0.876. The predicted octanol–water partition coefficient (Wildman–Crippen LogP) is 2.75. The van der Waals surface area contributed by atoms with Crippen molar-refractivity contribution in [2.24, 2.45) is 0 Å². The first-order valence-corrected chi connectivity index (χ1v) is 6.04. The summed E-state index contributed by atoms with van der Waals surface area (Å²) in [4.78, 5) is 13.4. The van der Waals surface area contributed by atoms with E-state index in [9.17, 15) is 13.6 Å². The van der Waals surface area contributed by atoms with Gasteiger partial charge in [0.2, 0.25) is 5.91 Å². The number of nitrogens with two attached hydrogens (primary N) is 1. The topological polar surface area (TPSA) is 46.3 Å². The number of likely N-dealkylation sites (N-methyl/N-ethyl adjacent to an activating group) is 1. The molecular weight excluding hydrogens is 262 g/mol. The molecule has 0 aliphatic rings. The van der Waals surface area contributed by atoms with Gasteiger partial charge in [0.1, 0.15) is 11.6 Å². The van der Waals surface area contributed by atoms with Gasteiger partial charge in [-0.15, -0.1) is 0 Å². The monoisotopic (exact) mass is 276 g/mol. The molecule has 0 bridgehead atoms. The molecule has 2 N–H and O–H groups in total. The number of anilines is 2. The SMILES string of the molecule is CN(C(=O)Cc1c(F)cccc1F)c1ccccc1N. The van der Waals surface area contributed by atoms with Crippen LogP contribution in [0.5, 0.6) is 0 Å². The number of nitrogen functional groups attached to an aromatic ring is 1. The maximum Gasteiger partial charge on any atom is 0.231 e. The van der Waals surface area contributed by atoms with E-state index in [0.717, 1.165) is 12.1 Å². The lowest BCUT2D eigenvalue weighted by molar-refractivity contribution is -0.117. The molecule has 5 heteroatoms. The molecule has 0 heterocycles. The lowest BCUT2D eigenvalue weighted by atomic mass is 10.1. The average Bonchev–Trinajstić information content (AvgIpc) is 2.42. The number of para-hydroxylation sites is 2. The van der Waals surface area contributed by atoms with Gasteiger partial charge in [-0.3, -0.25) is 4.79 Å². The zero-order chi connectivity index (χ0) is 14.7. The molecule has 0 aromatic heterocycles. The van der Waals surface area contributed by atoms with Crippen LogP contribution >= 0.6 is 0 Å². The average molecular weight is 276 g/mol. The van der Waals surface area contributed by atoms with Crippen LogP contribution in [0.25, 0.3) is 0 Å². The molecule has 1 amide bonds. The number of hydrogen-bond acceptors (Lipinski definition) is 2. The molecule has 0 saturated carbocycles. The number of halogens is 2. The van der Waals surface area contributed by atoms with Crippen molar-refractivity contribution in [3.8, 4) is 0 Å². The van der Waals surface area contributed by atoms with E-state index < -0.39 is 17.5 Å². The minimum atomic E-state index is -0.729. The third kappa shape index (κ3) is 2.77. The van der Waals surface area contributed by atoms with E-state index in [2.05, 4.69) is 0 Å². The summed E-state index contributed by atoms with van der Waals surface area (Å²) in [6.45, 7) is 0. The fourth-order valence-electron chi connectivity index (χ4n) is 1.90. The maximum absolute atomic E-state index is 13.5. The minimum Gasteiger partial charge on any atom is -0.397 e. The summed E-state index contributed by atoms with van der Waals surface area (Å²) in [5.41, 5.74) is 6.47. The zero-order valence-electron chi connectivity index (χ0n) is 10.9. The second-order valence-corrected chi connectivity index (χ2v) is 4.39. The van der Waals surface area contributed by atoms with Crippen molar-refractivity contribution in [3.63, 3.8) is 0 Å². The van der Waals surface area contributed by atoms with Crippen LogP contribution in [-0.4, -0.2) is 13.0 Å². The number of nitrogens with zero attached hydrogens (tertiary/aromatic N) is 1. The van der Waals surface area contributed by atoms with Crippen LogP contribution in [-0.2, 0) is 11.2 Å². The lowest BCUT2D eigenvalue weighted by Gasteiger charge is -2.19. The van der Waals surface area contributed by atoms with Gasteiger partial charge in [-0.25, -0.2) is 8.78 Å². The molecular formula is C15H14F2N2O. The van der Waals surface area contributed by atoms with E-state index in [1.165, 1.54) is 18.0 Å². The largest absolute Gasteiger partial charge is 0.397 e. The van der Waals surface area contributed by atoms with Crippen LogP contribution < -0.4 is 10.6 Å². The molecule has 3 nitrogen and oxygen atoms in total. The molecule has 0 radical (unpaired) electrons. The van der Waals surface area contributed by atoms with Crippen LogP contribution in [0.4, 0.5) is 20.2 Å². The molecule has 2 aromatic carbocycles. The molecule has 2 rings (SSSR count). The highest BCUT2D eigenvalue weighted by Gasteiger charge is 2.18. The van der Waals surface area contributed by atoms with E-state index in [0.29, 0.717) is 11.4 Å². The number of benzene rings is 2. The summed E-state index contributed by atoms with van der Waals surface area (Å²) in [7, 11) is 1.52. The van der Waals surface area contributed by atoms with Gasteiger partial charge in [-0.1, -0.05) is 18.2 Å². The highest BCUT2D eigenvalue weighted by molar-refractivity contribution is 5.96. The second-order valence-electron chi connectivity index (χ2n) is 4.39. The predicted molar refractivity (Wildman–Crippen MR) is 74.3 cm³/mol.